The molecule has 0 unspecified atom stereocenters. The van der Waals surface area contributed by atoms with E-state index in [1.54, 1.807) is 44.4 Å². The van der Waals surface area contributed by atoms with Gasteiger partial charge in [-0.15, -0.1) is 5.11 Å². The average molecular weight is 272 g/mol. The smallest absolute Gasteiger partial charge is 0.119 e. The number of benzene rings is 2. The second-order valence-electron chi connectivity index (χ2n) is 4.33. The molecule has 0 heterocycles. The lowest BCUT2D eigenvalue weighted by Crippen LogP contribution is -1.87. The molecule has 0 fully saturated rings. The van der Waals surface area contributed by atoms with Crippen LogP contribution >= 0.6 is 0 Å². The zero-order chi connectivity index (χ0) is 14.5. The minimum absolute atomic E-state index is 0.106. The molecule has 5 heteroatoms. The second kappa shape index (κ2) is 6.16. The van der Waals surface area contributed by atoms with Crippen LogP contribution in [0, 0.1) is 6.92 Å². The molecule has 0 radical (unpaired) electrons. The summed E-state index contributed by atoms with van der Waals surface area (Å²) < 4.78 is 5.07. The first-order valence-corrected chi connectivity index (χ1v) is 6.13. The number of hydrogen-bond donors (Lipinski definition) is 2. The molecule has 0 aliphatic rings. The van der Waals surface area contributed by atoms with Crippen molar-refractivity contribution in [1.29, 1.82) is 0 Å². The molecule has 2 aromatic carbocycles. The van der Waals surface area contributed by atoms with Gasteiger partial charge in [-0.3, -0.25) is 0 Å². The van der Waals surface area contributed by atoms with Crippen molar-refractivity contribution < 1.29 is 14.9 Å². The summed E-state index contributed by atoms with van der Waals surface area (Å²) in [5.41, 5.74) is 2.55. The number of ether oxygens (including phenoxy) is 1. The van der Waals surface area contributed by atoms with Gasteiger partial charge in [0, 0.05) is 5.56 Å². The Balaban J connectivity index is 2.30. The highest BCUT2D eigenvalue weighted by atomic mass is 16.5. The van der Waals surface area contributed by atoms with Gasteiger partial charge in [-0.25, -0.2) is 0 Å². The van der Waals surface area contributed by atoms with Crippen molar-refractivity contribution in [3.63, 3.8) is 0 Å². The predicted molar refractivity (Wildman–Crippen MR) is 75.9 cm³/mol. The number of hydrogen-bond acceptors (Lipinski definition) is 5. The lowest BCUT2D eigenvalue weighted by Gasteiger charge is -2.06. The van der Waals surface area contributed by atoms with Crippen LogP contribution in [-0.4, -0.2) is 17.3 Å². The number of aromatic hydroxyl groups is 1. The highest BCUT2D eigenvalue weighted by molar-refractivity contribution is 5.55. The van der Waals surface area contributed by atoms with Crippen molar-refractivity contribution in [2.75, 3.05) is 7.11 Å². The first-order chi connectivity index (χ1) is 9.63. The number of aliphatic hydroxyl groups is 1. The molecule has 0 aliphatic heterocycles. The van der Waals surface area contributed by atoms with Crippen LogP contribution in [0.3, 0.4) is 0 Å². The summed E-state index contributed by atoms with van der Waals surface area (Å²) in [7, 11) is 1.60. The van der Waals surface area contributed by atoms with E-state index in [0.29, 0.717) is 16.9 Å². The molecular formula is C15H16N2O3. The van der Waals surface area contributed by atoms with Gasteiger partial charge in [-0.05, 0) is 48.9 Å². The van der Waals surface area contributed by atoms with Crippen molar-refractivity contribution in [2.24, 2.45) is 10.2 Å². The van der Waals surface area contributed by atoms with E-state index in [-0.39, 0.29) is 12.4 Å². The summed E-state index contributed by atoms with van der Waals surface area (Å²) in [5, 5.41) is 27.1. The van der Waals surface area contributed by atoms with Gasteiger partial charge in [0.25, 0.3) is 0 Å². The molecule has 0 saturated carbocycles. The largest absolute Gasteiger partial charge is 0.508 e. The molecule has 0 aromatic heterocycles. The minimum Gasteiger partial charge on any atom is -0.508 e. The van der Waals surface area contributed by atoms with Gasteiger partial charge >= 0.3 is 0 Å². The van der Waals surface area contributed by atoms with Crippen molar-refractivity contribution >= 4 is 11.4 Å². The van der Waals surface area contributed by atoms with Gasteiger partial charge in [-0.2, -0.15) is 5.11 Å². The van der Waals surface area contributed by atoms with E-state index in [0.717, 1.165) is 11.3 Å². The number of aryl methyl sites for hydroxylation is 1. The van der Waals surface area contributed by atoms with Crippen LogP contribution in [0.4, 0.5) is 11.4 Å². The minimum atomic E-state index is -0.202. The fourth-order valence-corrected chi connectivity index (χ4v) is 1.85. The normalized spacial score (nSPS) is 10.9. The molecule has 0 atom stereocenters. The highest BCUT2D eigenvalue weighted by Crippen LogP contribution is 2.30. The fraction of sp³-hybridized carbons (Fsp3) is 0.200. The van der Waals surface area contributed by atoms with Crippen molar-refractivity contribution in [1.82, 2.24) is 0 Å². The van der Waals surface area contributed by atoms with Crippen molar-refractivity contribution in [3.8, 4) is 11.5 Å². The van der Waals surface area contributed by atoms with Crippen LogP contribution in [0.1, 0.15) is 11.1 Å². The fourth-order valence-electron chi connectivity index (χ4n) is 1.85. The molecule has 5 nitrogen and oxygen atoms in total. The van der Waals surface area contributed by atoms with E-state index in [2.05, 4.69) is 10.2 Å². The van der Waals surface area contributed by atoms with Crippen molar-refractivity contribution in [3.05, 3.63) is 47.5 Å². The Bertz CT molecular complexity index is 622. The zero-order valence-electron chi connectivity index (χ0n) is 11.4. The summed E-state index contributed by atoms with van der Waals surface area (Å²) in [6.07, 6.45) is 0. The van der Waals surface area contributed by atoms with Crippen LogP contribution in [0.15, 0.2) is 46.6 Å². The number of phenols is 1. The third-order valence-corrected chi connectivity index (χ3v) is 2.87. The Hall–Kier alpha value is -2.40. The van der Waals surface area contributed by atoms with Crippen LogP contribution in [0.25, 0.3) is 0 Å². The van der Waals surface area contributed by atoms with Crippen molar-refractivity contribution in [2.45, 2.75) is 13.5 Å². The van der Waals surface area contributed by atoms with E-state index in [1.807, 2.05) is 0 Å². The molecule has 0 amide bonds. The van der Waals surface area contributed by atoms with Crippen LogP contribution < -0.4 is 4.74 Å². The Morgan fingerprint density at radius 2 is 1.80 bits per heavy atom. The Morgan fingerprint density at radius 3 is 2.40 bits per heavy atom. The van der Waals surface area contributed by atoms with Gasteiger partial charge in [0.05, 0.1) is 25.1 Å². The first-order valence-electron chi connectivity index (χ1n) is 6.13. The molecule has 20 heavy (non-hydrogen) atoms. The van der Waals surface area contributed by atoms with E-state index < -0.39 is 0 Å². The summed E-state index contributed by atoms with van der Waals surface area (Å²) in [5.74, 6) is 0.857. The molecule has 0 spiro atoms. The number of rotatable bonds is 4. The monoisotopic (exact) mass is 272 g/mol. The maximum atomic E-state index is 9.50. The lowest BCUT2D eigenvalue weighted by atomic mass is 10.1. The third kappa shape index (κ3) is 3.13. The average Bonchev–Trinajstić information content (AvgIpc) is 2.46. The summed E-state index contributed by atoms with van der Waals surface area (Å²) in [6.45, 7) is 1.60. The SMILES string of the molecule is COc1ccc(N=Nc2c(C)cc(O)cc2CO)cc1. The predicted octanol–water partition coefficient (Wildman–Crippen LogP) is 3.62. The van der Waals surface area contributed by atoms with Crippen LogP contribution in [0.5, 0.6) is 11.5 Å². The molecule has 0 bridgehead atoms. The van der Waals surface area contributed by atoms with Gasteiger partial charge in [-0.1, -0.05) is 0 Å². The van der Waals surface area contributed by atoms with E-state index in [1.165, 1.54) is 6.07 Å². The summed E-state index contributed by atoms with van der Waals surface area (Å²) in [4.78, 5) is 0. The lowest BCUT2D eigenvalue weighted by molar-refractivity contribution is 0.281. The molecule has 2 rings (SSSR count). The molecule has 0 saturated heterocycles. The molecule has 2 aromatic rings. The van der Waals surface area contributed by atoms with E-state index in [9.17, 15) is 10.2 Å². The summed E-state index contributed by atoms with van der Waals surface area (Å²) in [6, 6.07) is 10.2. The van der Waals surface area contributed by atoms with E-state index >= 15 is 0 Å². The number of nitrogens with zero attached hydrogens (tertiary/aromatic N) is 2. The third-order valence-electron chi connectivity index (χ3n) is 2.87. The Morgan fingerprint density at radius 1 is 1.10 bits per heavy atom. The van der Waals surface area contributed by atoms with Crippen LogP contribution in [0.2, 0.25) is 0 Å². The maximum Gasteiger partial charge on any atom is 0.119 e. The maximum absolute atomic E-state index is 9.50. The topological polar surface area (TPSA) is 74.4 Å². The molecular weight excluding hydrogens is 256 g/mol. The quantitative estimate of drug-likeness (QED) is 0.835. The highest BCUT2D eigenvalue weighted by Gasteiger charge is 2.07. The second-order valence-corrected chi connectivity index (χ2v) is 4.33. The van der Waals surface area contributed by atoms with Crippen LogP contribution in [-0.2, 0) is 6.61 Å². The van der Waals surface area contributed by atoms with Gasteiger partial charge in [0.15, 0.2) is 0 Å². The number of phenolic OH excluding ortho intramolecular Hbond substituents is 1. The standard InChI is InChI=1S/C15H16N2O3/c1-10-7-13(19)8-11(9-18)15(10)17-16-12-3-5-14(20-2)6-4-12/h3-8,18-19H,9H2,1-2H3. The Kier molecular flexibility index (Phi) is 4.32. The summed E-state index contributed by atoms with van der Waals surface area (Å²) >= 11 is 0. The van der Waals surface area contributed by atoms with E-state index in [4.69, 9.17) is 4.74 Å². The first kappa shape index (κ1) is 14.0. The Labute approximate surface area is 117 Å². The van der Waals surface area contributed by atoms with Gasteiger partial charge in [0.1, 0.15) is 11.5 Å². The number of azo groups is 1. The number of methoxy groups -OCH3 is 1. The van der Waals surface area contributed by atoms with Gasteiger partial charge < -0.3 is 14.9 Å². The molecule has 104 valence electrons. The molecule has 0 aliphatic carbocycles. The van der Waals surface area contributed by atoms with Gasteiger partial charge in [0.2, 0.25) is 0 Å². The number of aliphatic hydroxyl groups excluding tert-OH is 1. The molecule has 2 N–H and O–H groups in total. The zero-order valence-corrected chi connectivity index (χ0v) is 11.4.